The molecular weight excluding hydrogens is 1030 g/mol. The van der Waals surface area contributed by atoms with E-state index in [1.54, 1.807) is 0 Å². The van der Waals surface area contributed by atoms with Crippen molar-refractivity contribution >= 4 is 0 Å². The molecule has 0 radical (unpaired) electrons. The van der Waals surface area contributed by atoms with Crippen LogP contribution in [-0.4, -0.2) is 347 Å². The van der Waals surface area contributed by atoms with Crippen molar-refractivity contribution in [3.63, 3.8) is 0 Å². The van der Waals surface area contributed by atoms with E-state index in [9.17, 15) is 91.9 Å². The summed E-state index contributed by atoms with van der Waals surface area (Å²) in [7, 11) is 0. The molecule has 0 spiro atoms. The van der Waals surface area contributed by atoms with E-state index in [0.29, 0.717) is 0 Å². The van der Waals surface area contributed by atoms with Gasteiger partial charge in [-0.05, 0) is 0 Å². The lowest BCUT2D eigenvalue weighted by Gasteiger charge is -2.54. The van der Waals surface area contributed by atoms with Gasteiger partial charge in [0.1, 0.15) is 159 Å². The fourth-order valence-electron chi connectivity index (χ4n) is 10.8. The number of aliphatic hydroxyl groups is 18. The first-order valence-electron chi connectivity index (χ1n) is 24.5. The second kappa shape index (κ2) is 24.4. The van der Waals surface area contributed by atoms with Crippen LogP contribution in [0.3, 0.4) is 0 Å². The van der Waals surface area contributed by atoms with Crippen LogP contribution in [0.5, 0.6) is 0 Å². The Morgan fingerprint density at radius 3 is 0.733 bits per heavy atom. The summed E-state index contributed by atoms with van der Waals surface area (Å²) in [6.45, 7) is -6.45. The van der Waals surface area contributed by atoms with E-state index in [-0.39, 0.29) is 6.42 Å². The van der Waals surface area contributed by atoms with Crippen molar-refractivity contribution in [2.75, 3.05) is 46.2 Å². The molecule has 14 bridgehead atoms. The van der Waals surface area contributed by atoms with Crippen molar-refractivity contribution in [3.05, 3.63) is 0 Å². The topological polar surface area (TPSA) is 503 Å². The third-order valence-electron chi connectivity index (χ3n) is 15.0. The minimum absolute atomic E-state index is 0.249. The van der Waals surface area contributed by atoms with Crippen molar-refractivity contribution in [1.29, 1.82) is 0 Å². The Morgan fingerprint density at radius 2 is 0.440 bits per heavy atom. The molecule has 75 heavy (non-hydrogen) atoms. The van der Waals surface area contributed by atoms with Crippen LogP contribution in [0.1, 0.15) is 6.42 Å². The third kappa shape index (κ3) is 11.1. The maximum atomic E-state index is 11.7. The first kappa shape index (κ1) is 58.3. The van der Waals surface area contributed by atoms with E-state index in [1.165, 1.54) is 0 Å². The maximum absolute atomic E-state index is 11.7. The van der Waals surface area contributed by atoms with E-state index < -0.39 is 255 Å². The fraction of sp³-hybridized carbons (Fsp3) is 1.00. The normalized spacial score (nSPS) is 55.9. The summed E-state index contributed by atoms with van der Waals surface area (Å²) in [6, 6.07) is 0. The smallest absolute Gasteiger partial charge is 0.187 e. The summed E-state index contributed by atoms with van der Waals surface area (Å²) in [5.41, 5.74) is 0. The Morgan fingerprint density at radius 1 is 0.200 bits per heavy atom. The van der Waals surface area contributed by atoms with Gasteiger partial charge in [-0.2, -0.15) is 0 Å². The predicted molar refractivity (Wildman–Crippen MR) is 224 cm³/mol. The summed E-state index contributed by atoms with van der Waals surface area (Å²) in [5, 5.41) is 198. The number of hydrogen-bond donors (Lipinski definition) is 18. The molecule has 0 aromatic rings. The molecule has 18 N–H and O–H groups in total. The molecule has 20 aliphatic heterocycles. The zero-order valence-corrected chi connectivity index (χ0v) is 39.5. The Labute approximate surface area is 424 Å². The van der Waals surface area contributed by atoms with Gasteiger partial charge < -0.3 is 163 Å². The van der Waals surface area contributed by atoms with Crippen molar-refractivity contribution < 1.29 is 163 Å². The quantitative estimate of drug-likeness (QED) is 0.113. The predicted octanol–water partition coefficient (Wildman–Crippen LogP) is -13.2. The van der Waals surface area contributed by atoms with Crippen LogP contribution >= 0.6 is 0 Å². The van der Waals surface area contributed by atoms with Gasteiger partial charge in [0.25, 0.3) is 0 Å². The number of rotatable bonds is 7. The highest BCUT2D eigenvalue weighted by Crippen LogP contribution is 2.41. The molecule has 20 rings (SSSR count). The average Bonchev–Trinajstić information content (AvgIpc) is 3.41. The molecule has 0 aromatic carbocycles. The molecule has 0 aromatic heterocycles. The Balaban J connectivity index is 1.00. The Kier molecular flexibility index (Phi) is 19.0. The SMILES string of the molecule is OC[C@H]1O[C@@H]2O[C@H]3[C@H](O)[C@@H](O)[C@@H](O[C@H]4[C@H](O)[C@@H](O)[C@@H](O[C@H]5C[C@H]6O[C@@H]7[C@@H](O)[C@@H](O[C@H]8[C@H](O)[C@@H](O)[C@@H](O[C@H]9[C@H](O)[C@@H](O)[C@@H](O[C@H]1[C@H](O)[C@H]2O)O[C@@H]9CO)O[C@@H]8CO)O[C@H](CO)[C@H]7O[C@H]6O[C@@H]5CO)O[C@@H]4CO)O[C@@H]3CO. The first-order valence-corrected chi connectivity index (χ1v) is 24.5. The molecular formula is C42H68O33. The summed E-state index contributed by atoms with van der Waals surface area (Å²) < 4.78 is 87.7. The molecule has 0 unspecified atom stereocenters. The van der Waals surface area contributed by atoms with Crippen molar-refractivity contribution in [3.8, 4) is 0 Å². The van der Waals surface area contributed by atoms with E-state index >= 15 is 0 Å². The second-order valence-corrected chi connectivity index (χ2v) is 19.6. The van der Waals surface area contributed by atoms with E-state index in [2.05, 4.69) is 0 Å². The molecule has 0 saturated carbocycles. The van der Waals surface area contributed by atoms with Crippen LogP contribution in [0, 0.1) is 0 Å². The van der Waals surface area contributed by atoms with E-state index in [1.807, 2.05) is 0 Å². The van der Waals surface area contributed by atoms with Gasteiger partial charge in [-0.15, -0.1) is 0 Å². The van der Waals surface area contributed by atoms with E-state index in [0.717, 1.165) is 0 Å². The Hall–Kier alpha value is -1.32. The maximum Gasteiger partial charge on any atom is 0.187 e. The van der Waals surface area contributed by atoms with Crippen molar-refractivity contribution in [1.82, 2.24) is 0 Å². The van der Waals surface area contributed by atoms with Gasteiger partial charge in [0, 0.05) is 6.42 Å². The fourth-order valence-corrected chi connectivity index (χ4v) is 10.8. The lowest BCUT2D eigenvalue weighted by atomic mass is 9.93. The average molecular weight is 1100 g/mol. The van der Waals surface area contributed by atoms with Crippen LogP contribution in [0.2, 0.25) is 0 Å². The minimum atomic E-state index is -2.17. The van der Waals surface area contributed by atoms with Crippen LogP contribution in [0.15, 0.2) is 0 Å². The van der Waals surface area contributed by atoms with Gasteiger partial charge in [0.15, 0.2) is 44.0 Å². The standard InChI is InChI=1S/C42H68O33/c43-2-11-9-1-10-36(63-11)75-34-17(8-49)69-42(28(60)35(34)61-10)74-33-16(7-48)68-41(27(59)22(33)54)73-32-15(6-47)67-40(26(58)21(32)53)72-31-14(5-46)66-39(25(57)20(31)52)71-30-13(4-45)65-38(24(56)19(30)51)70-29-12(3-44)64-37(62-9)23(55)18(29)50/h9-60H,1-8H2/t9-,10+,11+,12+,13+,14+,15+,16+,17+,18+,19+,20+,21+,22+,23+,24+,25+,26+,27+,28+,29+,30+,31+,32+,33+,34+,35+,36+,37-,38+,39+,40+,41+,42+/m0/s1. The molecule has 20 heterocycles. The molecule has 20 fully saturated rings. The molecule has 20 aliphatic rings. The monoisotopic (exact) mass is 1100 g/mol. The van der Waals surface area contributed by atoms with Gasteiger partial charge in [-0.3, -0.25) is 0 Å². The van der Waals surface area contributed by atoms with Crippen molar-refractivity contribution in [2.24, 2.45) is 0 Å². The summed E-state index contributed by atoms with van der Waals surface area (Å²) in [6.07, 6.45) is -61.2. The van der Waals surface area contributed by atoms with Crippen LogP contribution < -0.4 is 0 Å². The largest absolute Gasteiger partial charge is 0.394 e. The number of hydrogen-bond acceptors (Lipinski definition) is 33. The molecule has 20 saturated heterocycles. The highest BCUT2D eigenvalue weighted by molar-refractivity contribution is 5.02. The lowest BCUT2D eigenvalue weighted by molar-refractivity contribution is -0.420. The zero-order chi connectivity index (χ0) is 53.9. The summed E-state index contributed by atoms with van der Waals surface area (Å²) in [4.78, 5) is 0. The molecule has 34 atom stereocenters. The molecule has 434 valence electrons. The highest BCUT2D eigenvalue weighted by atomic mass is 16.8. The van der Waals surface area contributed by atoms with Crippen LogP contribution in [-0.2, 0) is 71.1 Å². The first-order chi connectivity index (χ1) is 35.9. The molecule has 33 nitrogen and oxygen atoms in total. The number of ether oxygens (including phenoxy) is 15. The zero-order valence-electron chi connectivity index (χ0n) is 39.5. The van der Waals surface area contributed by atoms with Gasteiger partial charge in [0.05, 0.1) is 52.4 Å². The van der Waals surface area contributed by atoms with Gasteiger partial charge in [-0.25, -0.2) is 0 Å². The second-order valence-electron chi connectivity index (χ2n) is 19.6. The van der Waals surface area contributed by atoms with Gasteiger partial charge >= 0.3 is 0 Å². The van der Waals surface area contributed by atoms with Crippen LogP contribution in [0.25, 0.3) is 0 Å². The van der Waals surface area contributed by atoms with Crippen molar-refractivity contribution in [2.45, 2.75) is 215 Å². The van der Waals surface area contributed by atoms with Crippen LogP contribution in [0.4, 0.5) is 0 Å². The lowest BCUT2D eigenvalue weighted by Crippen LogP contribution is -2.70. The van der Waals surface area contributed by atoms with Gasteiger partial charge in [-0.1, -0.05) is 0 Å². The van der Waals surface area contributed by atoms with Gasteiger partial charge in [0.2, 0.25) is 0 Å². The number of aliphatic hydroxyl groups excluding tert-OH is 18. The third-order valence-corrected chi connectivity index (χ3v) is 15.0. The molecule has 0 amide bonds. The Bertz CT molecular complexity index is 1810. The molecule has 33 heteroatoms. The molecule has 0 aliphatic carbocycles. The summed E-state index contributed by atoms with van der Waals surface area (Å²) >= 11 is 0. The summed E-state index contributed by atoms with van der Waals surface area (Å²) in [5.74, 6) is 0. The highest BCUT2D eigenvalue weighted by Gasteiger charge is 2.60. The minimum Gasteiger partial charge on any atom is -0.394 e. The van der Waals surface area contributed by atoms with E-state index in [4.69, 9.17) is 71.1 Å².